The Kier molecular flexibility index (Phi) is 5.96. The number of methoxy groups -OCH3 is 3. The summed E-state index contributed by atoms with van der Waals surface area (Å²) in [6.07, 6.45) is 1.56. The Hall–Kier alpha value is -3.74. The summed E-state index contributed by atoms with van der Waals surface area (Å²) in [5, 5.41) is 6.01. The number of rotatable bonds is 7. The summed E-state index contributed by atoms with van der Waals surface area (Å²) in [5.41, 5.74) is 1.78. The van der Waals surface area contributed by atoms with E-state index in [0.717, 1.165) is 0 Å². The maximum atomic E-state index is 12.6. The van der Waals surface area contributed by atoms with Gasteiger partial charge in [-0.25, -0.2) is 4.98 Å². The van der Waals surface area contributed by atoms with Crippen LogP contribution in [0.3, 0.4) is 0 Å². The summed E-state index contributed by atoms with van der Waals surface area (Å²) < 4.78 is 15.8. The molecule has 0 aliphatic carbocycles. The fourth-order valence-electron chi connectivity index (χ4n) is 2.59. The van der Waals surface area contributed by atoms with E-state index in [0.29, 0.717) is 40.0 Å². The minimum atomic E-state index is -0.253. The summed E-state index contributed by atoms with van der Waals surface area (Å²) >= 11 is 0. The minimum absolute atomic E-state index is 0.253. The van der Waals surface area contributed by atoms with E-state index in [-0.39, 0.29) is 5.91 Å². The molecule has 1 aromatic heterocycles. The third kappa shape index (κ3) is 4.50. The summed E-state index contributed by atoms with van der Waals surface area (Å²) in [7, 11) is 4.75. The van der Waals surface area contributed by atoms with E-state index in [1.165, 1.54) is 0 Å². The maximum Gasteiger partial charge on any atom is 0.255 e. The quantitative estimate of drug-likeness (QED) is 0.643. The molecule has 144 valence electrons. The van der Waals surface area contributed by atoms with Gasteiger partial charge in [-0.05, 0) is 36.4 Å². The van der Waals surface area contributed by atoms with Crippen LogP contribution in [-0.2, 0) is 0 Å². The number of carbonyl (C=O) groups is 1. The van der Waals surface area contributed by atoms with Gasteiger partial charge in [0.1, 0.15) is 23.1 Å². The van der Waals surface area contributed by atoms with Gasteiger partial charge in [-0.15, -0.1) is 0 Å². The van der Waals surface area contributed by atoms with Crippen molar-refractivity contribution in [2.45, 2.75) is 0 Å². The molecule has 0 radical (unpaired) electrons. The lowest BCUT2D eigenvalue weighted by Gasteiger charge is -2.13. The van der Waals surface area contributed by atoms with Crippen LogP contribution >= 0.6 is 0 Å². The van der Waals surface area contributed by atoms with Gasteiger partial charge >= 0.3 is 0 Å². The highest BCUT2D eigenvalue weighted by Crippen LogP contribution is 2.31. The molecule has 3 rings (SSSR count). The fraction of sp³-hybridized carbons (Fsp3) is 0.143. The SMILES string of the molecule is COc1cccc(NC(=O)c2ccnc(Nc3cc(OC)ccc3OC)c2)c1. The van der Waals surface area contributed by atoms with Gasteiger partial charge in [-0.3, -0.25) is 4.79 Å². The van der Waals surface area contributed by atoms with Crippen molar-refractivity contribution in [2.24, 2.45) is 0 Å². The number of benzene rings is 2. The smallest absolute Gasteiger partial charge is 0.255 e. The van der Waals surface area contributed by atoms with E-state index in [1.807, 2.05) is 12.1 Å². The Bertz CT molecular complexity index is 975. The lowest BCUT2D eigenvalue weighted by atomic mass is 10.2. The first-order valence-electron chi connectivity index (χ1n) is 8.53. The van der Waals surface area contributed by atoms with Crippen LogP contribution in [0.15, 0.2) is 60.8 Å². The number of anilines is 3. The van der Waals surface area contributed by atoms with Crippen LogP contribution in [0, 0.1) is 0 Å². The second-order valence-corrected chi connectivity index (χ2v) is 5.81. The highest BCUT2D eigenvalue weighted by Gasteiger charge is 2.10. The summed E-state index contributed by atoms with van der Waals surface area (Å²) in [4.78, 5) is 16.9. The summed E-state index contributed by atoms with van der Waals surface area (Å²) in [6, 6.07) is 15.9. The topological polar surface area (TPSA) is 81.7 Å². The molecule has 0 atom stereocenters. The average Bonchev–Trinajstić information content (AvgIpc) is 2.74. The molecule has 7 heteroatoms. The number of hydrogen-bond donors (Lipinski definition) is 2. The second-order valence-electron chi connectivity index (χ2n) is 5.81. The molecule has 0 saturated heterocycles. The first-order valence-corrected chi connectivity index (χ1v) is 8.53. The molecule has 28 heavy (non-hydrogen) atoms. The van der Waals surface area contributed by atoms with Crippen molar-refractivity contribution < 1.29 is 19.0 Å². The van der Waals surface area contributed by atoms with Crippen molar-refractivity contribution in [3.8, 4) is 17.2 Å². The number of pyridine rings is 1. The highest BCUT2D eigenvalue weighted by atomic mass is 16.5. The molecule has 1 amide bonds. The monoisotopic (exact) mass is 379 g/mol. The molecule has 3 aromatic rings. The fourth-order valence-corrected chi connectivity index (χ4v) is 2.59. The molecule has 0 aliphatic rings. The standard InChI is InChI=1S/C21H21N3O4/c1-26-16-6-4-5-15(12-16)23-21(25)14-9-10-22-20(11-14)24-18-13-17(27-2)7-8-19(18)28-3/h4-13H,1-3H3,(H,22,24)(H,23,25). The summed E-state index contributed by atoms with van der Waals surface area (Å²) in [5.74, 6) is 2.23. The average molecular weight is 379 g/mol. The van der Waals surface area contributed by atoms with E-state index < -0.39 is 0 Å². The van der Waals surface area contributed by atoms with Crippen LogP contribution in [-0.4, -0.2) is 32.2 Å². The third-order valence-corrected chi connectivity index (χ3v) is 4.02. The van der Waals surface area contributed by atoms with Crippen LogP contribution in [0.2, 0.25) is 0 Å². The van der Waals surface area contributed by atoms with Crippen molar-refractivity contribution in [1.29, 1.82) is 0 Å². The molecular weight excluding hydrogens is 358 g/mol. The normalized spacial score (nSPS) is 10.1. The number of aromatic nitrogens is 1. The Balaban J connectivity index is 1.79. The van der Waals surface area contributed by atoms with Gasteiger partial charge in [0.2, 0.25) is 0 Å². The molecule has 2 aromatic carbocycles. The molecule has 0 saturated carbocycles. The zero-order valence-corrected chi connectivity index (χ0v) is 15.9. The van der Waals surface area contributed by atoms with Crippen LogP contribution in [0.25, 0.3) is 0 Å². The molecule has 0 unspecified atom stereocenters. The zero-order valence-electron chi connectivity index (χ0n) is 15.9. The number of amides is 1. The van der Waals surface area contributed by atoms with Crippen molar-refractivity contribution in [3.63, 3.8) is 0 Å². The molecule has 0 aliphatic heterocycles. The van der Waals surface area contributed by atoms with Crippen molar-refractivity contribution in [3.05, 3.63) is 66.4 Å². The first-order chi connectivity index (χ1) is 13.6. The van der Waals surface area contributed by atoms with Gasteiger partial charge < -0.3 is 24.8 Å². The predicted molar refractivity (Wildman–Crippen MR) is 108 cm³/mol. The highest BCUT2D eigenvalue weighted by molar-refractivity contribution is 6.04. The molecule has 0 bridgehead atoms. The lowest BCUT2D eigenvalue weighted by Crippen LogP contribution is -2.12. The zero-order chi connectivity index (χ0) is 19.9. The first kappa shape index (κ1) is 19.0. The van der Waals surface area contributed by atoms with Crippen molar-refractivity contribution >= 4 is 23.1 Å². The minimum Gasteiger partial charge on any atom is -0.497 e. The molecule has 7 nitrogen and oxygen atoms in total. The summed E-state index contributed by atoms with van der Waals surface area (Å²) in [6.45, 7) is 0. The maximum absolute atomic E-state index is 12.6. The Morgan fingerprint density at radius 1 is 0.893 bits per heavy atom. The Morgan fingerprint density at radius 2 is 1.68 bits per heavy atom. The molecule has 1 heterocycles. The third-order valence-electron chi connectivity index (χ3n) is 4.02. The number of ether oxygens (including phenoxy) is 3. The van der Waals surface area contributed by atoms with Gasteiger partial charge in [-0.2, -0.15) is 0 Å². The van der Waals surface area contributed by atoms with Crippen LogP contribution in [0.5, 0.6) is 17.2 Å². The largest absolute Gasteiger partial charge is 0.497 e. The van der Waals surface area contributed by atoms with E-state index >= 15 is 0 Å². The number of nitrogens with zero attached hydrogens (tertiary/aromatic N) is 1. The van der Waals surface area contributed by atoms with Crippen molar-refractivity contribution in [1.82, 2.24) is 4.98 Å². The van der Waals surface area contributed by atoms with Crippen LogP contribution in [0.1, 0.15) is 10.4 Å². The molecular formula is C21H21N3O4. The number of nitrogens with one attached hydrogen (secondary N) is 2. The molecule has 0 fully saturated rings. The molecule has 2 N–H and O–H groups in total. The Labute approximate surface area is 163 Å². The van der Waals surface area contributed by atoms with Crippen LogP contribution in [0.4, 0.5) is 17.2 Å². The van der Waals surface area contributed by atoms with Crippen molar-refractivity contribution in [2.75, 3.05) is 32.0 Å². The lowest BCUT2D eigenvalue weighted by molar-refractivity contribution is 0.102. The van der Waals surface area contributed by atoms with E-state index in [1.54, 1.807) is 70.0 Å². The predicted octanol–water partition coefficient (Wildman–Crippen LogP) is 4.10. The van der Waals surface area contributed by atoms with E-state index in [4.69, 9.17) is 14.2 Å². The van der Waals surface area contributed by atoms with E-state index in [9.17, 15) is 4.79 Å². The molecule has 0 spiro atoms. The van der Waals surface area contributed by atoms with Gasteiger partial charge in [0.05, 0.1) is 27.0 Å². The van der Waals surface area contributed by atoms with Crippen LogP contribution < -0.4 is 24.8 Å². The van der Waals surface area contributed by atoms with Gasteiger partial charge in [-0.1, -0.05) is 6.07 Å². The second kappa shape index (κ2) is 8.77. The van der Waals surface area contributed by atoms with Gasteiger partial charge in [0.25, 0.3) is 5.91 Å². The number of hydrogen-bond acceptors (Lipinski definition) is 6. The van der Waals surface area contributed by atoms with Gasteiger partial charge in [0, 0.05) is 29.6 Å². The van der Waals surface area contributed by atoms with Gasteiger partial charge in [0.15, 0.2) is 0 Å². The number of carbonyl (C=O) groups excluding carboxylic acids is 1. The Morgan fingerprint density at radius 3 is 2.43 bits per heavy atom. The van der Waals surface area contributed by atoms with E-state index in [2.05, 4.69) is 15.6 Å².